The van der Waals surface area contributed by atoms with Gasteiger partial charge >= 0.3 is 6.09 Å². The summed E-state index contributed by atoms with van der Waals surface area (Å²) in [6.45, 7) is 9.49. The summed E-state index contributed by atoms with van der Waals surface area (Å²) in [5, 5.41) is 18.1. The monoisotopic (exact) mass is 659 g/mol. The Hall–Kier alpha value is -4.84. The van der Waals surface area contributed by atoms with E-state index in [2.05, 4.69) is 0 Å². The number of amides is 1. The van der Waals surface area contributed by atoms with Crippen LogP contribution in [0.25, 0.3) is 54.8 Å². The molecule has 0 radical (unpaired) electrons. The molecule has 0 spiro atoms. The maximum atomic E-state index is 15.9. The average Bonchev–Trinajstić information content (AvgIpc) is 3.71. The number of benzene rings is 2. The van der Waals surface area contributed by atoms with Crippen LogP contribution in [0.1, 0.15) is 52.4 Å². The smallest absolute Gasteiger partial charge is 0.410 e. The standard InChI is InChI=1S/C35H32F3N5O3S/c1-17-15-42(34(45)46-35(3,4)5)18(2)26-14-24(40-43(17)26)32-30(28-22(37)12-21(36)13-27(28)44)29-23(38)16-47-33(29)31(39-32)20-7-8-25-19(11-20)9-10-41(25)6/h7-14,16-18,44H,15H2,1-6H3/t17?,18-/m1/s1. The van der Waals surface area contributed by atoms with Crippen LogP contribution in [0.4, 0.5) is 18.0 Å². The summed E-state index contributed by atoms with van der Waals surface area (Å²) < 4.78 is 55.6. The highest BCUT2D eigenvalue weighted by Gasteiger charge is 2.37. The fourth-order valence-corrected chi connectivity index (χ4v) is 7.30. The molecule has 8 nitrogen and oxygen atoms in total. The second-order valence-corrected chi connectivity index (χ2v) is 13.9. The van der Waals surface area contributed by atoms with Crippen LogP contribution in [-0.4, -0.2) is 47.6 Å². The number of aromatic nitrogens is 4. The second kappa shape index (κ2) is 10.9. The van der Waals surface area contributed by atoms with E-state index in [4.69, 9.17) is 14.8 Å². The van der Waals surface area contributed by atoms with E-state index < -0.39 is 40.9 Å². The zero-order valence-corrected chi connectivity index (χ0v) is 27.4. The van der Waals surface area contributed by atoms with Crippen LogP contribution in [0.5, 0.6) is 5.75 Å². The number of hydrogen-bond acceptors (Lipinski definition) is 6. The minimum Gasteiger partial charge on any atom is -0.507 e. The average molecular weight is 660 g/mol. The van der Waals surface area contributed by atoms with Gasteiger partial charge in [0.1, 0.15) is 40.2 Å². The van der Waals surface area contributed by atoms with Crippen molar-refractivity contribution in [3.63, 3.8) is 0 Å². The van der Waals surface area contributed by atoms with Gasteiger partial charge in [-0.25, -0.2) is 22.9 Å². The minimum atomic E-state index is -1.07. The van der Waals surface area contributed by atoms with Gasteiger partial charge in [0.25, 0.3) is 0 Å². The SMILES string of the molecule is CC1CN(C(=O)OC(C)(C)C)[C@H](C)c2cc(-c3nc(-c4ccc5c(ccn5C)c4)c4scc(F)c4c3-c3c(O)cc(F)cc3F)nn21. The molecule has 6 aromatic rings. The molecule has 7 rings (SSSR count). The van der Waals surface area contributed by atoms with Crippen LogP contribution >= 0.6 is 11.3 Å². The lowest BCUT2D eigenvalue weighted by Gasteiger charge is -2.38. The summed E-state index contributed by atoms with van der Waals surface area (Å²) in [7, 11) is 1.94. The van der Waals surface area contributed by atoms with Crippen molar-refractivity contribution >= 4 is 38.4 Å². The second-order valence-electron chi connectivity index (χ2n) is 13.0. The van der Waals surface area contributed by atoms with E-state index in [-0.39, 0.29) is 33.9 Å². The molecular weight excluding hydrogens is 627 g/mol. The van der Waals surface area contributed by atoms with E-state index in [9.17, 15) is 14.3 Å². The fourth-order valence-electron chi connectivity index (χ4n) is 6.36. The number of fused-ring (bicyclic) bond motifs is 3. The molecule has 0 saturated heterocycles. The lowest BCUT2D eigenvalue weighted by Crippen LogP contribution is -2.45. The van der Waals surface area contributed by atoms with Gasteiger partial charge in [-0.1, -0.05) is 6.07 Å². The molecule has 0 fully saturated rings. The summed E-state index contributed by atoms with van der Waals surface area (Å²) in [4.78, 5) is 19.8. The molecule has 1 aliphatic heterocycles. The molecule has 0 saturated carbocycles. The minimum absolute atomic E-state index is 0.0337. The maximum Gasteiger partial charge on any atom is 0.410 e. The predicted molar refractivity (Wildman–Crippen MR) is 176 cm³/mol. The Kier molecular flexibility index (Phi) is 7.12. The number of aryl methyl sites for hydroxylation is 1. The molecule has 2 aromatic carbocycles. The fraction of sp³-hybridized carbons (Fsp3) is 0.286. The molecule has 0 aliphatic carbocycles. The number of pyridine rings is 1. The number of halogens is 3. The number of carbonyl (C=O) groups is 1. The molecule has 242 valence electrons. The molecule has 12 heteroatoms. The van der Waals surface area contributed by atoms with Crippen molar-refractivity contribution < 1.29 is 27.8 Å². The Morgan fingerprint density at radius 2 is 1.79 bits per heavy atom. The van der Waals surface area contributed by atoms with Crippen molar-refractivity contribution in [2.45, 2.75) is 52.3 Å². The van der Waals surface area contributed by atoms with E-state index in [1.54, 1.807) is 36.4 Å². The lowest BCUT2D eigenvalue weighted by molar-refractivity contribution is 0.00865. The molecule has 1 amide bonds. The molecule has 47 heavy (non-hydrogen) atoms. The third-order valence-corrected chi connectivity index (χ3v) is 9.48. The van der Waals surface area contributed by atoms with Crippen molar-refractivity contribution in [1.82, 2.24) is 24.2 Å². The lowest BCUT2D eigenvalue weighted by atomic mass is 9.94. The Morgan fingerprint density at radius 1 is 1.02 bits per heavy atom. The number of hydrogen-bond donors (Lipinski definition) is 1. The zero-order chi connectivity index (χ0) is 33.5. The molecule has 0 bridgehead atoms. The number of phenolic OH excluding ortho intramolecular Hbond substituents is 1. The van der Waals surface area contributed by atoms with Crippen molar-refractivity contribution in [2.75, 3.05) is 6.54 Å². The maximum absolute atomic E-state index is 15.9. The van der Waals surface area contributed by atoms with Crippen LogP contribution in [0.3, 0.4) is 0 Å². The number of rotatable bonds is 3. The summed E-state index contributed by atoms with van der Waals surface area (Å²) >= 11 is 1.11. The first-order valence-corrected chi connectivity index (χ1v) is 16.0. The zero-order valence-electron chi connectivity index (χ0n) is 26.6. The van der Waals surface area contributed by atoms with Crippen molar-refractivity contribution in [3.8, 4) is 39.5 Å². The van der Waals surface area contributed by atoms with E-state index >= 15 is 8.78 Å². The van der Waals surface area contributed by atoms with Gasteiger partial charge < -0.3 is 14.4 Å². The summed E-state index contributed by atoms with van der Waals surface area (Å²) in [6.07, 6.45) is 1.47. The third kappa shape index (κ3) is 5.11. The first-order chi connectivity index (χ1) is 22.2. The number of aromatic hydroxyl groups is 1. The first-order valence-electron chi connectivity index (χ1n) is 15.2. The highest BCUT2D eigenvalue weighted by Crippen LogP contribution is 2.48. The Balaban J connectivity index is 1.49. The molecule has 1 N–H and O–H groups in total. The molecule has 1 unspecified atom stereocenters. The third-order valence-electron chi connectivity index (χ3n) is 8.52. The van der Waals surface area contributed by atoms with E-state index in [0.717, 1.165) is 28.3 Å². The van der Waals surface area contributed by atoms with Gasteiger partial charge in [-0.3, -0.25) is 9.58 Å². The number of phenols is 1. The van der Waals surface area contributed by atoms with Gasteiger partial charge in [0.15, 0.2) is 0 Å². The van der Waals surface area contributed by atoms with Crippen LogP contribution in [0.15, 0.2) is 54.0 Å². The predicted octanol–water partition coefficient (Wildman–Crippen LogP) is 8.98. The van der Waals surface area contributed by atoms with Crippen molar-refractivity contribution in [3.05, 3.63) is 77.2 Å². The Bertz CT molecular complexity index is 2210. The van der Waals surface area contributed by atoms with E-state index in [0.29, 0.717) is 34.3 Å². The van der Waals surface area contributed by atoms with Gasteiger partial charge in [0.05, 0.1) is 33.7 Å². The van der Waals surface area contributed by atoms with E-state index in [1.807, 2.05) is 55.9 Å². The molecule has 4 aromatic heterocycles. The summed E-state index contributed by atoms with van der Waals surface area (Å²) in [5.41, 5.74) is 2.07. The molecule has 2 atom stereocenters. The highest BCUT2D eigenvalue weighted by atomic mass is 32.1. The number of thiophene rings is 1. The number of carbonyl (C=O) groups excluding carboxylic acids is 1. The largest absolute Gasteiger partial charge is 0.507 e. The summed E-state index contributed by atoms with van der Waals surface area (Å²) in [6, 6.07) is 10.2. The van der Waals surface area contributed by atoms with Crippen LogP contribution in [-0.2, 0) is 11.8 Å². The van der Waals surface area contributed by atoms with Crippen LogP contribution in [0, 0.1) is 17.5 Å². The highest BCUT2D eigenvalue weighted by molar-refractivity contribution is 7.17. The van der Waals surface area contributed by atoms with Crippen LogP contribution < -0.4 is 0 Å². The van der Waals surface area contributed by atoms with Crippen molar-refractivity contribution in [1.29, 1.82) is 0 Å². The van der Waals surface area contributed by atoms with Crippen molar-refractivity contribution in [2.24, 2.45) is 7.05 Å². The topological polar surface area (TPSA) is 85.4 Å². The molecule has 1 aliphatic rings. The first kappa shape index (κ1) is 30.8. The molecule has 5 heterocycles. The van der Waals surface area contributed by atoms with Gasteiger partial charge in [0, 0.05) is 64.7 Å². The van der Waals surface area contributed by atoms with Gasteiger partial charge in [0.2, 0.25) is 0 Å². The van der Waals surface area contributed by atoms with Gasteiger partial charge in [-0.2, -0.15) is 5.10 Å². The molecular formula is C35H32F3N5O3S. The van der Waals surface area contributed by atoms with E-state index in [1.165, 1.54) is 5.38 Å². The van der Waals surface area contributed by atoms with Gasteiger partial charge in [-0.15, -0.1) is 11.3 Å². The Labute approximate surface area is 272 Å². The normalized spacial score (nSPS) is 16.7. The number of ether oxygens (including phenoxy) is 1. The van der Waals surface area contributed by atoms with Gasteiger partial charge in [-0.05, 0) is 58.9 Å². The Morgan fingerprint density at radius 3 is 2.51 bits per heavy atom. The van der Waals surface area contributed by atoms with Crippen LogP contribution in [0.2, 0.25) is 0 Å². The summed E-state index contributed by atoms with van der Waals surface area (Å²) in [5.74, 6) is -3.39. The quantitative estimate of drug-likeness (QED) is 0.205. The number of nitrogens with zero attached hydrogens (tertiary/aromatic N) is 5.